The van der Waals surface area contributed by atoms with Crippen molar-refractivity contribution in [1.29, 1.82) is 0 Å². The average molecular weight is 383 g/mol. The highest BCUT2D eigenvalue weighted by Crippen LogP contribution is 2.29. The summed E-state index contributed by atoms with van der Waals surface area (Å²) >= 11 is 0. The standard InChI is InChI=1S/C21H25N3O4/c1-21(2,3)27-20(25)23-13-16-12-17(28-24-16)14-26-19-7-5-4-6-18(19)15-8-10-22-11-9-15/h4-11,17H,12-14H2,1-3H3,(H,23,25). The molecule has 7 heteroatoms. The number of nitrogens with one attached hydrogen (secondary N) is 1. The highest BCUT2D eigenvalue weighted by Gasteiger charge is 2.23. The molecule has 0 aliphatic carbocycles. The molecule has 1 atom stereocenters. The number of amides is 1. The lowest BCUT2D eigenvalue weighted by atomic mass is 10.1. The summed E-state index contributed by atoms with van der Waals surface area (Å²) in [6.07, 6.45) is 3.43. The predicted molar refractivity (Wildman–Crippen MR) is 106 cm³/mol. The molecule has 1 amide bonds. The van der Waals surface area contributed by atoms with Crippen LogP contribution in [0.5, 0.6) is 5.75 Å². The summed E-state index contributed by atoms with van der Waals surface area (Å²) in [7, 11) is 0. The summed E-state index contributed by atoms with van der Waals surface area (Å²) < 4.78 is 11.2. The summed E-state index contributed by atoms with van der Waals surface area (Å²) in [4.78, 5) is 21.2. The smallest absolute Gasteiger partial charge is 0.407 e. The molecule has 3 rings (SSSR count). The summed E-state index contributed by atoms with van der Waals surface area (Å²) in [6.45, 7) is 6.11. The lowest BCUT2D eigenvalue weighted by Crippen LogP contribution is -2.35. The molecule has 0 spiro atoms. The Morgan fingerprint density at radius 1 is 1.21 bits per heavy atom. The zero-order valence-corrected chi connectivity index (χ0v) is 16.3. The Balaban J connectivity index is 1.48. The molecule has 7 nitrogen and oxygen atoms in total. The Labute approximate surface area is 164 Å². The molecule has 0 saturated carbocycles. The molecule has 1 unspecified atom stereocenters. The first kappa shape index (κ1) is 19.7. The maximum absolute atomic E-state index is 11.7. The molecule has 1 aliphatic heterocycles. The number of carbonyl (C=O) groups is 1. The van der Waals surface area contributed by atoms with Crippen LogP contribution in [-0.4, -0.2) is 41.6 Å². The number of carbonyl (C=O) groups excluding carboxylic acids is 1. The van der Waals surface area contributed by atoms with Crippen LogP contribution in [0.25, 0.3) is 11.1 Å². The molecule has 0 fully saturated rings. The first-order valence-corrected chi connectivity index (χ1v) is 9.21. The normalized spacial score (nSPS) is 16.1. The van der Waals surface area contributed by atoms with Crippen molar-refractivity contribution in [2.45, 2.75) is 38.9 Å². The number of alkyl carbamates (subject to hydrolysis) is 1. The monoisotopic (exact) mass is 383 g/mol. The number of hydrogen-bond acceptors (Lipinski definition) is 6. The van der Waals surface area contributed by atoms with E-state index in [1.165, 1.54) is 0 Å². The Morgan fingerprint density at radius 2 is 1.96 bits per heavy atom. The average Bonchev–Trinajstić information content (AvgIpc) is 3.12. The molecule has 2 heterocycles. The van der Waals surface area contributed by atoms with Gasteiger partial charge < -0.3 is 19.6 Å². The van der Waals surface area contributed by atoms with Gasteiger partial charge in [-0.3, -0.25) is 4.98 Å². The molecule has 28 heavy (non-hydrogen) atoms. The van der Waals surface area contributed by atoms with Crippen molar-refractivity contribution in [3.05, 3.63) is 48.8 Å². The van der Waals surface area contributed by atoms with Gasteiger partial charge in [-0.1, -0.05) is 23.4 Å². The van der Waals surface area contributed by atoms with Gasteiger partial charge in [0.2, 0.25) is 0 Å². The van der Waals surface area contributed by atoms with Crippen molar-refractivity contribution < 1.29 is 19.1 Å². The topological polar surface area (TPSA) is 82.0 Å². The fourth-order valence-electron chi connectivity index (χ4n) is 2.71. The van der Waals surface area contributed by atoms with Gasteiger partial charge in [-0.05, 0) is 44.5 Å². The van der Waals surface area contributed by atoms with Crippen LogP contribution in [-0.2, 0) is 9.57 Å². The van der Waals surface area contributed by atoms with Crippen LogP contribution in [0.1, 0.15) is 27.2 Å². The van der Waals surface area contributed by atoms with E-state index < -0.39 is 11.7 Å². The number of rotatable bonds is 6. The molecular weight excluding hydrogens is 358 g/mol. The van der Waals surface area contributed by atoms with Crippen LogP contribution in [0.3, 0.4) is 0 Å². The van der Waals surface area contributed by atoms with E-state index in [2.05, 4.69) is 15.5 Å². The second-order valence-corrected chi connectivity index (χ2v) is 7.49. The van der Waals surface area contributed by atoms with Gasteiger partial charge in [0.15, 0.2) is 6.10 Å². The highest BCUT2D eigenvalue weighted by atomic mass is 16.7. The van der Waals surface area contributed by atoms with Crippen LogP contribution in [0.15, 0.2) is 53.9 Å². The molecular formula is C21H25N3O4. The van der Waals surface area contributed by atoms with E-state index in [1.807, 2.05) is 57.2 Å². The van der Waals surface area contributed by atoms with E-state index in [-0.39, 0.29) is 6.10 Å². The van der Waals surface area contributed by atoms with E-state index in [1.54, 1.807) is 12.4 Å². The number of oxime groups is 1. The number of aromatic nitrogens is 1. The SMILES string of the molecule is CC(C)(C)OC(=O)NCC1=NOC(COc2ccccc2-c2ccncc2)C1. The third-order valence-electron chi connectivity index (χ3n) is 3.93. The second kappa shape index (κ2) is 8.73. The van der Waals surface area contributed by atoms with Gasteiger partial charge in [-0.2, -0.15) is 0 Å². The van der Waals surface area contributed by atoms with Crippen molar-refractivity contribution in [1.82, 2.24) is 10.3 Å². The third-order valence-corrected chi connectivity index (χ3v) is 3.93. The summed E-state index contributed by atoms with van der Waals surface area (Å²) in [5.41, 5.74) is 2.25. The number of ether oxygens (including phenoxy) is 2. The van der Waals surface area contributed by atoms with Gasteiger partial charge in [-0.25, -0.2) is 4.79 Å². The van der Waals surface area contributed by atoms with Gasteiger partial charge in [-0.15, -0.1) is 0 Å². The molecule has 1 aromatic heterocycles. The van der Waals surface area contributed by atoms with Crippen LogP contribution in [0.2, 0.25) is 0 Å². The summed E-state index contributed by atoms with van der Waals surface area (Å²) in [5, 5.41) is 6.72. The van der Waals surface area contributed by atoms with Crippen molar-refractivity contribution in [2.24, 2.45) is 5.16 Å². The van der Waals surface area contributed by atoms with Gasteiger partial charge in [0.25, 0.3) is 0 Å². The number of pyridine rings is 1. The molecule has 0 saturated heterocycles. The third kappa shape index (κ3) is 5.70. The summed E-state index contributed by atoms with van der Waals surface area (Å²) in [6, 6.07) is 11.7. The minimum Gasteiger partial charge on any atom is -0.489 e. The van der Waals surface area contributed by atoms with Crippen molar-refractivity contribution in [3.8, 4) is 16.9 Å². The Bertz CT molecular complexity index is 831. The predicted octanol–water partition coefficient (Wildman–Crippen LogP) is 3.80. The number of para-hydroxylation sites is 1. The quantitative estimate of drug-likeness (QED) is 0.820. The van der Waals surface area contributed by atoms with Crippen LogP contribution in [0.4, 0.5) is 4.79 Å². The van der Waals surface area contributed by atoms with Gasteiger partial charge in [0.05, 0.1) is 12.3 Å². The Morgan fingerprint density at radius 3 is 2.71 bits per heavy atom. The summed E-state index contributed by atoms with van der Waals surface area (Å²) in [5.74, 6) is 0.776. The van der Waals surface area contributed by atoms with E-state index in [0.717, 1.165) is 22.6 Å². The highest BCUT2D eigenvalue weighted by molar-refractivity contribution is 5.89. The minimum absolute atomic E-state index is 0.194. The van der Waals surface area contributed by atoms with E-state index in [9.17, 15) is 4.79 Å². The van der Waals surface area contributed by atoms with E-state index >= 15 is 0 Å². The van der Waals surface area contributed by atoms with Gasteiger partial charge >= 0.3 is 6.09 Å². The van der Waals surface area contributed by atoms with Crippen LogP contribution >= 0.6 is 0 Å². The van der Waals surface area contributed by atoms with Crippen LogP contribution in [0, 0.1) is 0 Å². The zero-order valence-electron chi connectivity index (χ0n) is 16.3. The Hall–Kier alpha value is -3.09. The molecule has 1 aliphatic rings. The Kier molecular flexibility index (Phi) is 6.13. The maximum atomic E-state index is 11.7. The van der Waals surface area contributed by atoms with E-state index in [4.69, 9.17) is 14.3 Å². The van der Waals surface area contributed by atoms with Crippen LogP contribution < -0.4 is 10.1 Å². The molecule has 148 valence electrons. The number of hydrogen-bond donors (Lipinski definition) is 1. The lowest BCUT2D eigenvalue weighted by Gasteiger charge is -2.19. The van der Waals surface area contributed by atoms with Gasteiger partial charge in [0.1, 0.15) is 18.0 Å². The molecule has 1 aromatic carbocycles. The maximum Gasteiger partial charge on any atom is 0.407 e. The molecule has 1 N–H and O–H groups in total. The fourth-order valence-corrected chi connectivity index (χ4v) is 2.71. The first-order valence-electron chi connectivity index (χ1n) is 9.21. The van der Waals surface area contributed by atoms with E-state index in [0.29, 0.717) is 19.6 Å². The largest absolute Gasteiger partial charge is 0.489 e. The van der Waals surface area contributed by atoms with Crippen molar-refractivity contribution in [3.63, 3.8) is 0 Å². The first-order chi connectivity index (χ1) is 13.4. The lowest BCUT2D eigenvalue weighted by molar-refractivity contribution is 0.0472. The minimum atomic E-state index is -0.531. The molecule has 2 aromatic rings. The zero-order chi connectivity index (χ0) is 20.0. The van der Waals surface area contributed by atoms with Crippen molar-refractivity contribution in [2.75, 3.05) is 13.2 Å². The molecule has 0 bridgehead atoms. The molecule has 0 radical (unpaired) electrons. The van der Waals surface area contributed by atoms with Crippen molar-refractivity contribution >= 4 is 11.8 Å². The second-order valence-electron chi connectivity index (χ2n) is 7.49. The number of nitrogens with zero attached hydrogens (tertiary/aromatic N) is 2. The number of benzene rings is 1. The van der Waals surface area contributed by atoms with Gasteiger partial charge in [0, 0.05) is 24.4 Å². The fraction of sp³-hybridized carbons (Fsp3) is 0.381.